The summed E-state index contributed by atoms with van der Waals surface area (Å²) in [6, 6.07) is 5.75. The molecule has 5 nitrogen and oxygen atoms in total. The quantitative estimate of drug-likeness (QED) is 0.893. The lowest BCUT2D eigenvalue weighted by Crippen LogP contribution is -2.50. The molecule has 0 aromatic heterocycles. The van der Waals surface area contributed by atoms with E-state index in [9.17, 15) is 9.59 Å². The summed E-state index contributed by atoms with van der Waals surface area (Å²) in [5.74, 6) is -0.0309. The SMILES string of the molecule is CC(=O)N[C@H]1CCCN(C(=O)CNc2cccc(C)c2Cl)C1. The lowest BCUT2D eigenvalue weighted by atomic mass is 10.1. The first-order valence-corrected chi connectivity index (χ1v) is 7.89. The molecule has 22 heavy (non-hydrogen) atoms. The van der Waals surface area contributed by atoms with Gasteiger partial charge in [0.2, 0.25) is 11.8 Å². The average Bonchev–Trinajstić information content (AvgIpc) is 2.48. The van der Waals surface area contributed by atoms with E-state index >= 15 is 0 Å². The zero-order chi connectivity index (χ0) is 16.1. The number of rotatable bonds is 4. The van der Waals surface area contributed by atoms with E-state index in [1.807, 2.05) is 25.1 Å². The van der Waals surface area contributed by atoms with Gasteiger partial charge in [0.05, 0.1) is 17.3 Å². The first kappa shape index (κ1) is 16.6. The van der Waals surface area contributed by atoms with Gasteiger partial charge in [-0.15, -0.1) is 0 Å². The van der Waals surface area contributed by atoms with Gasteiger partial charge in [-0.1, -0.05) is 23.7 Å². The number of anilines is 1. The molecular formula is C16H22ClN3O2. The average molecular weight is 324 g/mol. The Balaban J connectivity index is 1.89. The molecule has 1 heterocycles. The molecule has 1 aliphatic rings. The molecule has 1 aromatic carbocycles. The summed E-state index contributed by atoms with van der Waals surface area (Å²) in [7, 11) is 0. The number of carbonyl (C=O) groups is 2. The van der Waals surface area contributed by atoms with E-state index in [0.29, 0.717) is 11.6 Å². The van der Waals surface area contributed by atoms with Crippen LogP contribution in [-0.2, 0) is 9.59 Å². The van der Waals surface area contributed by atoms with E-state index in [2.05, 4.69) is 10.6 Å². The number of benzene rings is 1. The third kappa shape index (κ3) is 4.37. The first-order valence-electron chi connectivity index (χ1n) is 7.51. The predicted octanol–water partition coefficient (Wildman–Crippen LogP) is 2.19. The summed E-state index contributed by atoms with van der Waals surface area (Å²) < 4.78 is 0. The van der Waals surface area contributed by atoms with Gasteiger partial charge in [-0.25, -0.2) is 0 Å². The summed E-state index contributed by atoms with van der Waals surface area (Å²) in [6.07, 6.45) is 1.82. The largest absolute Gasteiger partial charge is 0.375 e. The Labute approximate surface area is 136 Å². The number of likely N-dealkylation sites (tertiary alicyclic amines) is 1. The fourth-order valence-electron chi connectivity index (χ4n) is 2.68. The van der Waals surface area contributed by atoms with Crippen LogP contribution in [0.3, 0.4) is 0 Å². The Morgan fingerprint density at radius 3 is 2.91 bits per heavy atom. The zero-order valence-electron chi connectivity index (χ0n) is 13.0. The molecule has 2 rings (SSSR count). The summed E-state index contributed by atoms with van der Waals surface area (Å²) in [5, 5.41) is 6.62. The van der Waals surface area contributed by atoms with Crippen LogP contribution in [0.25, 0.3) is 0 Å². The molecular weight excluding hydrogens is 302 g/mol. The van der Waals surface area contributed by atoms with Gasteiger partial charge in [0.25, 0.3) is 0 Å². The van der Waals surface area contributed by atoms with Crippen LogP contribution in [0, 0.1) is 6.92 Å². The minimum Gasteiger partial charge on any atom is -0.375 e. The second-order valence-corrected chi connectivity index (χ2v) is 6.05. The molecule has 120 valence electrons. The Hall–Kier alpha value is -1.75. The fourth-order valence-corrected chi connectivity index (χ4v) is 2.87. The summed E-state index contributed by atoms with van der Waals surface area (Å²) in [6.45, 7) is 4.94. The van der Waals surface area contributed by atoms with Crippen LogP contribution in [-0.4, -0.2) is 42.4 Å². The van der Waals surface area contributed by atoms with Crippen LogP contribution in [0.15, 0.2) is 18.2 Å². The molecule has 0 radical (unpaired) electrons. The van der Waals surface area contributed by atoms with Crippen molar-refractivity contribution in [1.29, 1.82) is 0 Å². The second kappa shape index (κ2) is 7.49. The van der Waals surface area contributed by atoms with Crippen LogP contribution in [0.2, 0.25) is 5.02 Å². The predicted molar refractivity (Wildman–Crippen MR) is 88.1 cm³/mol. The van der Waals surface area contributed by atoms with Crippen molar-refractivity contribution in [1.82, 2.24) is 10.2 Å². The maximum absolute atomic E-state index is 12.3. The van der Waals surface area contributed by atoms with Gasteiger partial charge in [-0.05, 0) is 31.4 Å². The van der Waals surface area contributed by atoms with Crippen LogP contribution in [0.4, 0.5) is 5.69 Å². The Morgan fingerprint density at radius 2 is 2.18 bits per heavy atom. The normalized spacial score (nSPS) is 18.0. The molecule has 0 unspecified atom stereocenters. The number of carbonyl (C=O) groups excluding carboxylic acids is 2. The van der Waals surface area contributed by atoms with E-state index in [0.717, 1.165) is 30.6 Å². The van der Waals surface area contributed by atoms with Gasteiger partial charge < -0.3 is 15.5 Å². The van der Waals surface area contributed by atoms with Crippen molar-refractivity contribution in [3.63, 3.8) is 0 Å². The van der Waals surface area contributed by atoms with E-state index in [1.165, 1.54) is 6.92 Å². The lowest BCUT2D eigenvalue weighted by molar-refractivity contribution is -0.131. The Kier molecular flexibility index (Phi) is 5.66. The highest BCUT2D eigenvalue weighted by Gasteiger charge is 2.23. The minimum atomic E-state index is -0.0519. The molecule has 0 saturated carbocycles. The van der Waals surface area contributed by atoms with Gasteiger partial charge >= 0.3 is 0 Å². The summed E-state index contributed by atoms with van der Waals surface area (Å²) in [4.78, 5) is 25.2. The molecule has 0 aliphatic carbocycles. The minimum absolute atomic E-state index is 0.0209. The number of nitrogens with one attached hydrogen (secondary N) is 2. The van der Waals surface area contributed by atoms with Crippen molar-refractivity contribution in [2.75, 3.05) is 25.0 Å². The maximum Gasteiger partial charge on any atom is 0.241 e. The van der Waals surface area contributed by atoms with E-state index in [-0.39, 0.29) is 24.4 Å². The second-order valence-electron chi connectivity index (χ2n) is 5.67. The number of aryl methyl sites for hydroxylation is 1. The third-order valence-corrected chi connectivity index (χ3v) is 4.31. The smallest absolute Gasteiger partial charge is 0.241 e. The number of piperidine rings is 1. The lowest BCUT2D eigenvalue weighted by Gasteiger charge is -2.33. The van der Waals surface area contributed by atoms with Gasteiger partial charge in [-0.3, -0.25) is 9.59 Å². The number of halogens is 1. The van der Waals surface area contributed by atoms with Crippen molar-refractivity contribution in [2.24, 2.45) is 0 Å². The van der Waals surface area contributed by atoms with Crippen molar-refractivity contribution in [3.8, 4) is 0 Å². The van der Waals surface area contributed by atoms with E-state index < -0.39 is 0 Å². The zero-order valence-corrected chi connectivity index (χ0v) is 13.7. The van der Waals surface area contributed by atoms with Crippen LogP contribution >= 0.6 is 11.6 Å². The highest BCUT2D eigenvalue weighted by Crippen LogP contribution is 2.24. The van der Waals surface area contributed by atoms with Gasteiger partial charge in [-0.2, -0.15) is 0 Å². The molecule has 0 spiro atoms. The van der Waals surface area contributed by atoms with Crippen LogP contribution in [0.1, 0.15) is 25.3 Å². The third-order valence-electron chi connectivity index (χ3n) is 3.80. The maximum atomic E-state index is 12.3. The molecule has 6 heteroatoms. The van der Waals surface area contributed by atoms with Gasteiger partial charge in [0, 0.05) is 26.1 Å². The van der Waals surface area contributed by atoms with E-state index in [1.54, 1.807) is 4.90 Å². The number of hydrogen-bond donors (Lipinski definition) is 2. The number of hydrogen-bond acceptors (Lipinski definition) is 3. The Morgan fingerprint density at radius 1 is 1.41 bits per heavy atom. The number of amides is 2. The van der Waals surface area contributed by atoms with E-state index in [4.69, 9.17) is 11.6 Å². The number of nitrogens with zero attached hydrogens (tertiary/aromatic N) is 1. The highest BCUT2D eigenvalue weighted by atomic mass is 35.5. The molecule has 1 atom stereocenters. The fraction of sp³-hybridized carbons (Fsp3) is 0.500. The molecule has 1 aromatic rings. The summed E-state index contributed by atoms with van der Waals surface area (Å²) >= 11 is 6.21. The summed E-state index contributed by atoms with van der Waals surface area (Å²) in [5.41, 5.74) is 1.74. The Bertz CT molecular complexity index is 562. The van der Waals surface area contributed by atoms with Crippen molar-refractivity contribution >= 4 is 29.1 Å². The van der Waals surface area contributed by atoms with Crippen molar-refractivity contribution < 1.29 is 9.59 Å². The van der Waals surface area contributed by atoms with Gasteiger partial charge in [0.15, 0.2) is 0 Å². The molecule has 2 amide bonds. The highest BCUT2D eigenvalue weighted by molar-refractivity contribution is 6.34. The molecule has 0 bridgehead atoms. The molecule has 1 fully saturated rings. The standard InChI is InChI=1S/C16H22ClN3O2/c1-11-5-3-7-14(16(11)17)18-9-15(22)20-8-4-6-13(10-20)19-12(2)21/h3,5,7,13,18H,4,6,8-10H2,1-2H3,(H,19,21)/t13-/m0/s1. The van der Waals surface area contributed by atoms with Crippen molar-refractivity contribution in [2.45, 2.75) is 32.7 Å². The first-order chi connectivity index (χ1) is 10.5. The van der Waals surface area contributed by atoms with Crippen molar-refractivity contribution in [3.05, 3.63) is 28.8 Å². The molecule has 1 aliphatic heterocycles. The molecule has 2 N–H and O–H groups in total. The van der Waals surface area contributed by atoms with Crippen LogP contribution < -0.4 is 10.6 Å². The molecule has 1 saturated heterocycles. The van der Waals surface area contributed by atoms with Crippen LogP contribution in [0.5, 0.6) is 0 Å². The van der Waals surface area contributed by atoms with Gasteiger partial charge in [0.1, 0.15) is 0 Å². The topological polar surface area (TPSA) is 61.4 Å². The monoisotopic (exact) mass is 323 g/mol.